The maximum atomic E-state index is 10.6. The Morgan fingerprint density at radius 2 is 2.46 bits per heavy atom. The smallest absolute Gasteiger partial charge is 0.223 e. The number of primary amides is 1. The fraction of sp³-hybridized carbons (Fsp3) is 0.143. The van der Waals surface area contributed by atoms with E-state index in [2.05, 4.69) is 20.2 Å². The molecule has 2 heterocycles. The second-order valence-electron chi connectivity index (χ2n) is 2.61. The third-order valence-electron chi connectivity index (χ3n) is 1.66. The topological polar surface area (TPSA) is 97.6 Å². The number of nitrogens with one attached hydrogen (secondary N) is 1. The molecule has 0 aromatic carbocycles. The lowest BCUT2D eigenvalue weighted by atomic mass is 10.2. The van der Waals surface area contributed by atoms with Crippen LogP contribution < -0.4 is 5.73 Å². The van der Waals surface area contributed by atoms with Crippen LogP contribution in [0.5, 0.6) is 0 Å². The molecule has 0 bridgehead atoms. The van der Waals surface area contributed by atoms with E-state index in [0.717, 1.165) is 5.39 Å². The van der Waals surface area contributed by atoms with Gasteiger partial charge in [-0.15, -0.1) is 0 Å². The molecule has 0 fully saturated rings. The highest BCUT2D eigenvalue weighted by Crippen LogP contribution is 2.11. The van der Waals surface area contributed by atoms with Crippen LogP contribution in [-0.2, 0) is 11.2 Å². The monoisotopic (exact) mass is 177 g/mol. The molecule has 66 valence electrons. The second-order valence-corrected chi connectivity index (χ2v) is 2.61. The van der Waals surface area contributed by atoms with Gasteiger partial charge >= 0.3 is 0 Å². The van der Waals surface area contributed by atoms with Crippen molar-refractivity contribution in [3.05, 3.63) is 18.2 Å². The maximum Gasteiger partial charge on any atom is 0.223 e. The van der Waals surface area contributed by atoms with Crippen molar-refractivity contribution in [2.24, 2.45) is 5.73 Å². The summed E-state index contributed by atoms with van der Waals surface area (Å²) in [7, 11) is 0. The van der Waals surface area contributed by atoms with Crippen LogP contribution in [-0.4, -0.2) is 26.1 Å². The first kappa shape index (κ1) is 7.66. The maximum absolute atomic E-state index is 10.6. The largest absolute Gasteiger partial charge is 0.369 e. The first-order valence-electron chi connectivity index (χ1n) is 3.68. The van der Waals surface area contributed by atoms with E-state index in [9.17, 15) is 4.79 Å². The molecule has 6 nitrogen and oxygen atoms in total. The molecule has 0 aliphatic heterocycles. The van der Waals surface area contributed by atoms with Gasteiger partial charge in [0.1, 0.15) is 6.33 Å². The van der Waals surface area contributed by atoms with Crippen LogP contribution in [0.1, 0.15) is 5.69 Å². The zero-order chi connectivity index (χ0) is 9.26. The lowest BCUT2D eigenvalue weighted by Crippen LogP contribution is -2.14. The highest BCUT2D eigenvalue weighted by Gasteiger charge is 2.07. The number of carbonyl (C=O) groups is 1. The molecule has 1 amide bonds. The first-order valence-corrected chi connectivity index (χ1v) is 3.68. The van der Waals surface area contributed by atoms with E-state index < -0.39 is 5.91 Å². The van der Waals surface area contributed by atoms with Crippen molar-refractivity contribution in [1.82, 2.24) is 20.2 Å². The molecular weight excluding hydrogens is 170 g/mol. The van der Waals surface area contributed by atoms with Gasteiger partial charge < -0.3 is 5.73 Å². The third-order valence-corrected chi connectivity index (χ3v) is 1.66. The van der Waals surface area contributed by atoms with Gasteiger partial charge in [-0.2, -0.15) is 5.10 Å². The average molecular weight is 177 g/mol. The summed E-state index contributed by atoms with van der Waals surface area (Å²) < 4.78 is 0. The minimum absolute atomic E-state index is 0.129. The van der Waals surface area contributed by atoms with Gasteiger partial charge in [0.15, 0.2) is 5.65 Å². The van der Waals surface area contributed by atoms with E-state index in [1.54, 1.807) is 6.20 Å². The number of aromatic amines is 1. The predicted octanol–water partition coefficient (Wildman–Crippen LogP) is -0.619. The fourth-order valence-corrected chi connectivity index (χ4v) is 1.11. The van der Waals surface area contributed by atoms with Gasteiger partial charge in [0.2, 0.25) is 5.91 Å². The van der Waals surface area contributed by atoms with Gasteiger partial charge in [-0.3, -0.25) is 9.89 Å². The Hall–Kier alpha value is -1.98. The molecule has 2 rings (SSSR count). The number of hydrogen-bond acceptors (Lipinski definition) is 4. The molecule has 0 aliphatic carbocycles. The molecule has 0 radical (unpaired) electrons. The molecule has 13 heavy (non-hydrogen) atoms. The van der Waals surface area contributed by atoms with Gasteiger partial charge in [-0.25, -0.2) is 9.97 Å². The highest BCUT2D eigenvalue weighted by atomic mass is 16.1. The molecule has 2 aromatic heterocycles. The number of nitrogens with zero attached hydrogens (tertiary/aromatic N) is 3. The molecule has 0 saturated heterocycles. The number of hydrogen-bond donors (Lipinski definition) is 2. The van der Waals surface area contributed by atoms with Gasteiger partial charge in [0.25, 0.3) is 0 Å². The first-order chi connectivity index (χ1) is 6.27. The standard InChI is InChI=1S/C7H7N5O/c8-6(13)1-5-4-2-9-3-10-7(4)12-11-5/h2-3H,1H2,(H2,8,13)(H,9,10,11,12). The highest BCUT2D eigenvalue weighted by molar-refractivity contribution is 5.84. The Balaban J connectivity index is 2.51. The number of fused-ring (bicyclic) bond motifs is 1. The van der Waals surface area contributed by atoms with Crippen LogP contribution in [0.4, 0.5) is 0 Å². The zero-order valence-electron chi connectivity index (χ0n) is 6.69. The van der Waals surface area contributed by atoms with Crippen molar-refractivity contribution < 1.29 is 4.79 Å². The molecular formula is C7H7N5O. The van der Waals surface area contributed by atoms with Gasteiger partial charge in [0, 0.05) is 6.20 Å². The molecule has 0 atom stereocenters. The number of nitrogens with two attached hydrogens (primary N) is 1. The van der Waals surface area contributed by atoms with Crippen molar-refractivity contribution in [2.45, 2.75) is 6.42 Å². The molecule has 0 unspecified atom stereocenters. The minimum Gasteiger partial charge on any atom is -0.369 e. The van der Waals surface area contributed by atoms with Crippen LogP contribution in [0.15, 0.2) is 12.5 Å². The van der Waals surface area contributed by atoms with Gasteiger partial charge in [-0.1, -0.05) is 0 Å². The van der Waals surface area contributed by atoms with Gasteiger partial charge in [-0.05, 0) is 0 Å². The summed E-state index contributed by atoms with van der Waals surface area (Å²) in [5, 5.41) is 7.32. The Kier molecular flexibility index (Phi) is 1.66. The van der Waals surface area contributed by atoms with Crippen LogP contribution in [0.2, 0.25) is 0 Å². The lowest BCUT2D eigenvalue weighted by Gasteiger charge is -1.91. The Morgan fingerprint density at radius 1 is 1.62 bits per heavy atom. The van der Waals surface area contributed by atoms with Crippen LogP contribution >= 0.6 is 0 Å². The fourth-order valence-electron chi connectivity index (χ4n) is 1.11. The zero-order valence-corrected chi connectivity index (χ0v) is 6.69. The van der Waals surface area contributed by atoms with E-state index in [4.69, 9.17) is 5.73 Å². The van der Waals surface area contributed by atoms with E-state index in [1.807, 2.05) is 0 Å². The number of H-pyrrole nitrogens is 1. The molecule has 0 spiro atoms. The van der Waals surface area contributed by atoms with E-state index >= 15 is 0 Å². The SMILES string of the molecule is NC(=O)Cc1[nH]nc2ncncc12. The van der Waals surface area contributed by atoms with Crippen LogP contribution in [0.3, 0.4) is 0 Å². The lowest BCUT2D eigenvalue weighted by molar-refractivity contribution is -0.117. The van der Waals surface area contributed by atoms with Crippen molar-refractivity contribution in [3.63, 3.8) is 0 Å². The summed E-state index contributed by atoms with van der Waals surface area (Å²) in [4.78, 5) is 18.4. The average Bonchev–Trinajstić information content (AvgIpc) is 2.48. The number of carbonyl (C=O) groups excluding carboxylic acids is 1. The Bertz CT molecular complexity index is 449. The van der Waals surface area contributed by atoms with Crippen molar-refractivity contribution >= 4 is 16.9 Å². The number of aromatic nitrogens is 4. The van der Waals surface area contributed by atoms with Crippen molar-refractivity contribution in [2.75, 3.05) is 0 Å². The van der Waals surface area contributed by atoms with Crippen molar-refractivity contribution in [3.8, 4) is 0 Å². The number of amides is 1. The summed E-state index contributed by atoms with van der Waals surface area (Å²) >= 11 is 0. The summed E-state index contributed by atoms with van der Waals surface area (Å²) in [6.45, 7) is 0. The Morgan fingerprint density at radius 3 is 3.23 bits per heavy atom. The molecule has 6 heteroatoms. The molecule has 0 aliphatic rings. The minimum atomic E-state index is -0.408. The quantitative estimate of drug-likeness (QED) is 0.638. The Labute approximate surface area is 73.2 Å². The third kappa shape index (κ3) is 1.33. The predicted molar refractivity (Wildman–Crippen MR) is 44.6 cm³/mol. The summed E-state index contributed by atoms with van der Waals surface area (Å²) in [6.07, 6.45) is 3.13. The molecule has 2 aromatic rings. The molecule has 3 N–H and O–H groups in total. The van der Waals surface area contributed by atoms with E-state index in [0.29, 0.717) is 11.3 Å². The normalized spacial score (nSPS) is 10.5. The van der Waals surface area contributed by atoms with E-state index in [-0.39, 0.29) is 6.42 Å². The second kappa shape index (κ2) is 2.81. The summed E-state index contributed by atoms with van der Waals surface area (Å²) in [5.74, 6) is -0.408. The van der Waals surface area contributed by atoms with Gasteiger partial charge in [0.05, 0.1) is 17.5 Å². The number of rotatable bonds is 2. The summed E-state index contributed by atoms with van der Waals surface area (Å²) in [6, 6.07) is 0. The molecule has 0 saturated carbocycles. The van der Waals surface area contributed by atoms with E-state index in [1.165, 1.54) is 6.33 Å². The van der Waals surface area contributed by atoms with Crippen LogP contribution in [0.25, 0.3) is 11.0 Å². The van der Waals surface area contributed by atoms with Crippen LogP contribution in [0, 0.1) is 0 Å². The summed E-state index contributed by atoms with van der Waals surface area (Å²) in [5.41, 5.74) is 6.25. The van der Waals surface area contributed by atoms with Crippen molar-refractivity contribution in [1.29, 1.82) is 0 Å².